The molecular weight excluding hydrogens is 535 g/mol. The van der Waals surface area contributed by atoms with Gasteiger partial charge in [-0.2, -0.15) is 0 Å². The summed E-state index contributed by atoms with van der Waals surface area (Å²) in [4.78, 5) is 24.7. The van der Waals surface area contributed by atoms with Gasteiger partial charge in [-0.05, 0) is 65.9 Å². The number of halogens is 2. The molecule has 0 aliphatic rings. The van der Waals surface area contributed by atoms with Crippen LogP contribution in [0, 0.1) is 5.92 Å². The fraction of sp³-hybridized carbons (Fsp3) is 0.375. The molecule has 7 heteroatoms. The maximum Gasteiger partial charge on any atom is 0.343 e. The van der Waals surface area contributed by atoms with Crippen molar-refractivity contribution in [2.24, 2.45) is 5.92 Å². The van der Waals surface area contributed by atoms with Gasteiger partial charge in [0.1, 0.15) is 22.6 Å². The quantitative estimate of drug-likeness (QED) is 0.0836. The second-order valence-electron chi connectivity index (χ2n) is 9.77. The zero-order chi connectivity index (χ0) is 28.2. The molecule has 3 rings (SSSR count). The second-order valence-corrected chi connectivity index (χ2v) is 10.6. The van der Waals surface area contributed by atoms with Crippen LogP contribution in [0.25, 0.3) is 11.1 Å². The third kappa shape index (κ3) is 9.59. The molecular formula is C32H36Cl2O5. The Bertz CT molecular complexity index is 1210. The van der Waals surface area contributed by atoms with E-state index < -0.39 is 17.3 Å². The molecule has 0 N–H and O–H groups in total. The molecule has 1 unspecified atom stereocenters. The van der Waals surface area contributed by atoms with Crippen molar-refractivity contribution in [1.82, 2.24) is 0 Å². The Morgan fingerprint density at radius 1 is 0.769 bits per heavy atom. The van der Waals surface area contributed by atoms with E-state index in [-0.39, 0.29) is 22.3 Å². The van der Waals surface area contributed by atoms with Gasteiger partial charge in [0.05, 0.1) is 17.2 Å². The van der Waals surface area contributed by atoms with Crippen LogP contribution in [0.5, 0.6) is 17.2 Å². The van der Waals surface area contributed by atoms with Gasteiger partial charge < -0.3 is 14.2 Å². The molecule has 0 aliphatic carbocycles. The third-order valence-corrected chi connectivity index (χ3v) is 7.19. The molecule has 39 heavy (non-hydrogen) atoms. The van der Waals surface area contributed by atoms with Crippen LogP contribution < -0.4 is 14.2 Å². The molecule has 3 aromatic rings. The Labute approximate surface area is 241 Å². The van der Waals surface area contributed by atoms with Crippen molar-refractivity contribution in [3.8, 4) is 28.4 Å². The first kappa shape index (κ1) is 30.5. The summed E-state index contributed by atoms with van der Waals surface area (Å²) in [5.74, 6) is 0.126. The lowest BCUT2D eigenvalue weighted by Gasteiger charge is -2.13. The largest absolute Gasteiger partial charge is 0.494 e. The van der Waals surface area contributed by atoms with Crippen molar-refractivity contribution in [1.29, 1.82) is 0 Å². The molecule has 0 saturated heterocycles. The van der Waals surface area contributed by atoms with Gasteiger partial charge in [-0.25, -0.2) is 4.79 Å². The van der Waals surface area contributed by atoms with Crippen LogP contribution in [-0.4, -0.2) is 23.9 Å². The number of carbonyl (C=O) groups is 2. The normalized spacial score (nSPS) is 11.7. The van der Waals surface area contributed by atoms with Crippen molar-refractivity contribution in [3.05, 3.63) is 77.3 Å². The third-order valence-electron chi connectivity index (χ3n) is 6.21. The van der Waals surface area contributed by atoms with Gasteiger partial charge in [-0.3, -0.25) is 4.79 Å². The number of esters is 2. The fourth-order valence-corrected chi connectivity index (χ4v) is 4.11. The average Bonchev–Trinajstić information content (AvgIpc) is 2.93. The number of alkyl halides is 1. The summed E-state index contributed by atoms with van der Waals surface area (Å²) in [5.41, 5.74) is 2.26. The van der Waals surface area contributed by atoms with E-state index >= 15 is 0 Å². The first-order valence-electron chi connectivity index (χ1n) is 13.5. The van der Waals surface area contributed by atoms with Crippen LogP contribution in [0.2, 0.25) is 5.02 Å². The highest BCUT2D eigenvalue weighted by atomic mass is 35.5. The van der Waals surface area contributed by atoms with E-state index in [1.807, 2.05) is 50.2 Å². The maximum atomic E-state index is 12.6. The van der Waals surface area contributed by atoms with Gasteiger partial charge in [0.15, 0.2) is 0 Å². The number of unbranched alkanes of at least 4 members (excludes halogenated alkanes) is 5. The van der Waals surface area contributed by atoms with Crippen molar-refractivity contribution >= 4 is 35.1 Å². The molecule has 0 saturated carbocycles. The number of carbonyl (C=O) groups excluding carboxylic acids is 2. The zero-order valence-electron chi connectivity index (χ0n) is 22.8. The summed E-state index contributed by atoms with van der Waals surface area (Å²) < 4.78 is 16.6. The SMILES string of the molecule is CCCCCCCCOc1ccc(-c2ccc(OC(=O)c3ccc(OC(=O)C(Cl)C(C)C)c(Cl)c3)cc2)cc1. The van der Waals surface area contributed by atoms with E-state index in [1.165, 1.54) is 50.3 Å². The second kappa shape index (κ2) is 15.5. The number of rotatable bonds is 14. The maximum absolute atomic E-state index is 12.6. The monoisotopic (exact) mass is 570 g/mol. The summed E-state index contributed by atoms with van der Waals surface area (Å²) in [6, 6.07) is 19.6. The van der Waals surface area contributed by atoms with Crippen LogP contribution in [0.15, 0.2) is 66.7 Å². The molecule has 1 atom stereocenters. The number of hydrogen-bond acceptors (Lipinski definition) is 5. The lowest BCUT2D eigenvalue weighted by atomic mass is 10.1. The molecule has 0 fully saturated rings. The van der Waals surface area contributed by atoms with Crippen molar-refractivity contribution < 1.29 is 23.8 Å². The lowest BCUT2D eigenvalue weighted by molar-refractivity contribution is -0.134. The summed E-state index contributed by atoms with van der Waals surface area (Å²) in [6.07, 6.45) is 7.42. The van der Waals surface area contributed by atoms with E-state index in [0.29, 0.717) is 5.75 Å². The van der Waals surface area contributed by atoms with E-state index in [0.717, 1.165) is 29.9 Å². The predicted octanol–water partition coefficient (Wildman–Crippen LogP) is 9.13. The summed E-state index contributed by atoms with van der Waals surface area (Å²) in [7, 11) is 0. The van der Waals surface area contributed by atoms with Crippen molar-refractivity contribution in [3.63, 3.8) is 0 Å². The minimum atomic E-state index is -0.796. The highest BCUT2D eigenvalue weighted by Crippen LogP contribution is 2.29. The number of hydrogen-bond donors (Lipinski definition) is 0. The topological polar surface area (TPSA) is 61.8 Å². The number of ether oxygens (including phenoxy) is 3. The molecule has 0 amide bonds. The first-order valence-corrected chi connectivity index (χ1v) is 14.3. The van der Waals surface area contributed by atoms with Crippen LogP contribution in [-0.2, 0) is 4.79 Å². The Morgan fingerprint density at radius 3 is 1.95 bits per heavy atom. The molecule has 0 bridgehead atoms. The fourth-order valence-electron chi connectivity index (χ4n) is 3.84. The minimum Gasteiger partial charge on any atom is -0.494 e. The first-order chi connectivity index (χ1) is 18.8. The van der Waals surface area contributed by atoms with E-state index in [9.17, 15) is 9.59 Å². The molecule has 0 heterocycles. The molecule has 5 nitrogen and oxygen atoms in total. The van der Waals surface area contributed by atoms with Gasteiger partial charge in [0.2, 0.25) is 0 Å². The van der Waals surface area contributed by atoms with Crippen molar-refractivity contribution in [2.75, 3.05) is 6.61 Å². The van der Waals surface area contributed by atoms with Gasteiger partial charge in [0.25, 0.3) is 0 Å². The Morgan fingerprint density at radius 2 is 1.36 bits per heavy atom. The Kier molecular flexibility index (Phi) is 12.2. The smallest absolute Gasteiger partial charge is 0.343 e. The summed E-state index contributed by atoms with van der Waals surface area (Å²) >= 11 is 12.3. The molecule has 0 radical (unpaired) electrons. The van der Waals surface area contributed by atoms with E-state index in [4.69, 9.17) is 37.4 Å². The Balaban J connectivity index is 1.51. The zero-order valence-corrected chi connectivity index (χ0v) is 24.3. The lowest BCUT2D eigenvalue weighted by Crippen LogP contribution is -2.25. The van der Waals surface area contributed by atoms with Crippen molar-refractivity contribution in [2.45, 2.75) is 64.7 Å². The standard InChI is InChI=1S/C32H36Cl2O5/c1-4-5-6-7-8-9-20-37-26-15-10-23(11-16-26)24-12-17-27(18-13-24)38-31(35)25-14-19-29(28(33)21-25)39-32(36)30(34)22(2)3/h10-19,21-22,30H,4-9,20H2,1-3H3. The molecule has 0 spiro atoms. The average molecular weight is 572 g/mol. The molecule has 3 aromatic carbocycles. The minimum absolute atomic E-state index is 0.0910. The predicted molar refractivity (Wildman–Crippen MR) is 157 cm³/mol. The van der Waals surface area contributed by atoms with Gasteiger partial charge in [-0.15, -0.1) is 11.6 Å². The highest BCUT2D eigenvalue weighted by Gasteiger charge is 2.23. The summed E-state index contributed by atoms with van der Waals surface area (Å²) in [5, 5.41) is -0.685. The van der Waals surface area contributed by atoms with Crippen LogP contribution in [0.4, 0.5) is 0 Å². The molecule has 208 valence electrons. The van der Waals surface area contributed by atoms with Gasteiger partial charge >= 0.3 is 11.9 Å². The van der Waals surface area contributed by atoms with Crippen LogP contribution in [0.3, 0.4) is 0 Å². The number of benzene rings is 3. The Hall–Kier alpha value is -3.02. The molecule has 0 aliphatic heterocycles. The van der Waals surface area contributed by atoms with E-state index in [1.54, 1.807) is 12.1 Å². The van der Waals surface area contributed by atoms with Gasteiger partial charge in [0, 0.05) is 0 Å². The van der Waals surface area contributed by atoms with Gasteiger partial charge in [-0.1, -0.05) is 88.7 Å². The highest BCUT2D eigenvalue weighted by molar-refractivity contribution is 6.33. The van der Waals surface area contributed by atoms with Crippen LogP contribution in [0.1, 0.15) is 69.7 Å². The van der Waals surface area contributed by atoms with Crippen LogP contribution >= 0.6 is 23.2 Å². The summed E-state index contributed by atoms with van der Waals surface area (Å²) in [6.45, 7) is 6.59. The van der Waals surface area contributed by atoms with E-state index in [2.05, 4.69) is 6.92 Å². The molecule has 0 aromatic heterocycles.